The highest BCUT2D eigenvalue weighted by molar-refractivity contribution is 6.35. The SMILES string of the molecule is CC1(C)c2ccccc2-c2ccc(N(c3ccc(-c4ccc5c(c4)c4ccccc4n5-c4ccccc4)cc3)c3ccc4c5ccccc5c5ccc(-c6ccccc6)c6oc3c4c65)cc21. The van der Waals surface area contributed by atoms with E-state index in [-0.39, 0.29) is 5.41 Å². The van der Waals surface area contributed by atoms with Gasteiger partial charge in [-0.3, -0.25) is 0 Å². The van der Waals surface area contributed by atoms with Gasteiger partial charge in [-0.25, -0.2) is 0 Å². The maximum Gasteiger partial charge on any atom is 0.160 e. The molecule has 2 aromatic heterocycles. The zero-order chi connectivity index (χ0) is 43.7. The second-order valence-corrected chi connectivity index (χ2v) is 18.4. The van der Waals surface area contributed by atoms with Crippen molar-refractivity contribution in [3.63, 3.8) is 0 Å². The molecule has 1 aliphatic rings. The lowest BCUT2D eigenvalue weighted by molar-refractivity contribution is 0.660. The quantitative estimate of drug-likeness (QED) is 0.156. The summed E-state index contributed by atoms with van der Waals surface area (Å²) in [6, 6.07) is 79.9. The zero-order valence-electron chi connectivity index (χ0n) is 36.6. The van der Waals surface area contributed by atoms with Crippen LogP contribution in [0.2, 0.25) is 0 Å². The van der Waals surface area contributed by atoms with E-state index >= 15 is 0 Å². The molecule has 0 amide bonds. The van der Waals surface area contributed by atoms with Crippen molar-refractivity contribution in [2.24, 2.45) is 0 Å². The molecule has 0 saturated heterocycles. The van der Waals surface area contributed by atoms with Crippen molar-refractivity contribution in [3.8, 4) is 39.1 Å². The Morgan fingerprint density at radius 2 is 0.970 bits per heavy atom. The van der Waals surface area contributed by atoms with Gasteiger partial charge in [0.15, 0.2) is 5.58 Å². The largest absolute Gasteiger partial charge is 0.453 e. The molecular formula is C63H42N2O. The summed E-state index contributed by atoms with van der Waals surface area (Å²) in [5.74, 6) is 0. The van der Waals surface area contributed by atoms with Crippen molar-refractivity contribution in [1.82, 2.24) is 4.57 Å². The molecule has 0 aliphatic heterocycles. The van der Waals surface area contributed by atoms with Gasteiger partial charge in [-0.05, 0) is 127 Å². The van der Waals surface area contributed by atoms with Crippen LogP contribution < -0.4 is 4.90 Å². The number of hydrogen-bond acceptors (Lipinski definition) is 2. The summed E-state index contributed by atoms with van der Waals surface area (Å²) in [6.07, 6.45) is 0. The van der Waals surface area contributed by atoms with Crippen molar-refractivity contribution in [3.05, 3.63) is 230 Å². The fraction of sp³-hybridized carbons (Fsp3) is 0.0476. The molecule has 0 N–H and O–H groups in total. The predicted molar refractivity (Wildman–Crippen MR) is 277 cm³/mol. The van der Waals surface area contributed by atoms with E-state index in [0.717, 1.165) is 56.0 Å². The number of hydrogen-bond donors (Lipinski definition) is 0. The number of anilines is 3. The molecule has 0 saturated carbocycles. The number of rotatable bonds is 6. The maximum absolute atomic E-state index is 7.37. The Balaban J connectivity index is 0.985. The van der Waals surface area contributed by atoms with Crippen LogP contribution in [0.25, 0.3) is 104 Å². The smallest absolute Gasteiger partial charge is 0.160 e. The average Bonchev–Trinajstić information content (AvgIpc) is 4.01. The van der Waals surface area contributed by atoms with Crippen LogP contribution in [0.3, 0.4) is 0 Å². The van der Waals surface area contributed by atoms with E-state index < -0.39 is 0 Å². The van der Waals surface area contributed by atoms with E-state index in [4.69, 9.17) is 4.42 Å². The summed E-state index contributed by atoms with van der Waals surface area (Å²) in [5.41, 5.74) is 18.2. The number of benzene rings is 11. The number of para-hydroxylation sites is 2. The molecular weight excluding hydrogens is 801 g/mol. The number of aromatic nitrogens is 1. The van der Waals surface area contributed by atoms with Gasteiger partial charge in [-0.2, -0.15) is 0 Å². The first-order valence-electron chi connectivity index (χ1n) is 22.9. The molecule has 0 atom stereocenters. The fourth-order valence-electron chi connectivity index (χ4n) is 11.5. The van der Waals surface area contributed by atoms with Gasteiger partial charge in [0.2, 0.25) is 0 Å². The van der Waals surface area contributed by atoms with Crippen molar-refractivity contribution < 1.29 is 4.42 Å². The van der Waals surface area contributed by atoms with Gasteiger partial charge in [0.25, 0.3) is 0 Å². The summed E-state index contributed by atoms with van der Waals surface area (Å²) in [7, 11) is 0. The molecule has 0 fully saturated rings. The summed E-state index contributed by atoms with van der Waals surface area (Å²) in [4.78, 5) is 2.42. The first-order valence-corrected chi connectivity index (χ1v) is 22.9. The van der Waals surface area contributed by atoms with Gasteiger partial charge >= 0.3 is 0 Å². The highest BCUT2D eigenvalue weighted by Crippen LogP contribution is 2.53. The monoisotopic (exact) mass is 842 g/mol. The highest BCUT2D eigenvalue weighted by atomic mass is 16.3. The van der Waals surface area contributed by atoms with Crippen LogP contribution >= 0.6 is 0 Å². The number of fused-ring (bicyclic) bond motifs is 9. The van der Waals surface area contributed by atoms with Crippen LogP contribution in [-0.4, -0.2) is 4.57 Å². The summed E-state index contributed by atoms with van der Waals surface area (Å²) >= 11 is 0. The Morgan fingerprint density at radius 3 is 1.76 bits per heavy atom. The summed E-state index contributed by atoms with van der Waals surface area (Å²) < 4.78 is 9.74. The van der Waals surface area contributed by atoms with Crippen LogP contribution in [0.1, 0.15) is 25.0 Å². The first kappa shape index (κ1) is 37.0. The second kappa shape index (κ2) is 13.8. The normalized spacial score (nSPS) is 13.1. The molecule has 3 heteroatoms. The zero-order valence-corrected chi connectivity index (χ0v) is 36.6. The van der Waals surface area contributed by atoms with Crippen LogP contribution in [0.15, 0.2) is 223 Å². The molecule has 0 radical (unpaired) electrons. The van der Waals surface area contributed by atoms with Gasteiger partial charge in [0, 0.05) is 49.6 Å². The number of furan rings is 1. The van der Waals surface area contributed by atoms with Crippen LogP contribution in [0.4, 0.5) is 17.1 Å². The highest BCUT2D eigenvalue weighted by Gasteiger charge is 2.36. The predicted octanol–water partition coefficient (Wildman–Crippen LogP) is 17.5. The van der Waals surface area contributed by atoms with Crippen molar-refractivity contribution in [1.29, 1.82) is 0 Å². The van der Waals surface area contributed by atoms with E-state index in [2.05, 4.69) is 242 Å². The Morgan fingerprint density at radius 1 is 0.379 bits per heavy atom. The lowest BCUT2D eigenvalue weighted by Crippen LogP contribution is -2.16. The number of nitrogens with zero attached hydrogens (tertiary/aromatic N) is 2. The van der Waals surface area contributed by atoms with Gasteiger partial charge in [0.05, 0.1) is 16.7 Å². The van der Waals surface area contributed by atoms with Crippen LogP contribution in [0, 0.1) is 0 Å². The van der Waals surface area contributed by atoms with Crippen LogP contribution in [-0.2, 0) is 5.41 Å². The maximum atomic E-state index is 7.37. The van der Waals surface area contributed by atoms with Crippen molar-refractivity contribution >= 4 is 82.4 Å². The molecule has 0 spiro atoms. The minimum absolute atomic E-state index is 0.164. The van der Waals surface area contributed by atoms with Crippen molar-refractivity contribution in [2.75, 3.05) is 4.90 Å². The standard InChI is InChI=1S/C63H42N2O/c1-63(2)54-23-13-11-21-48(54)49-31-30-44(38-55(49)63)64(43-28-25-39(26-29-43)41-27-35-57-53(37-41)50-22-12-14-24-56(50)65(57)42-17-7-4-8-18-42)58-36-34-52-47-20-10-9-19-46(47)51-33-32-45(40-15-5-3-6-16-40)61-59(51)60(52)62(58)66-61/h3-38H,1-2H3. The third-order valence-corrected chi connectivity index (χ3v) is 14.6. The molecule has 13 aromatic rings. The molecule has 11 aromatic carbocycles. The minimum Gasteiger partial charge on any atom is -0.453 e. The van der Waals surface area contributed by atoms with E-state index in [1.807, 2.05) is 0 Å². The van der Waals surface area contributed by atoms with E-state index in [1.54, 1.807) is 0 Å². The van der Waals surface area contributed by atoms with E-state index in [9.17, 15) is 0 Å². The molecule has 66 heavy (non-hydrogen) atoms. The van der Waals surface area contributed by atoms with Gasteiger partial charge in [0.1, 0.15) is 5.58 Å². The fourth-order valence-corrected chi connectivity index (χ4v) is 11.5. The Kier molecular flexibility index (Phi) is 7.74. The Bertz CT molecular complexity index is 4060. The minimum atomic E-state index is -0.164. The van der Waals surface area contributed by atoms with Gasteiger partial charge < -0.3 is 13.9 Å². The van der Waals surface area contributed by atoms with E-state index in [1.165, 1.54) is 76.6 Å². The molecule has 1 aliphatic carbocycles. The van der Waals surface area contributed by atoms with Crippen molar-refractivity contribution in [2.45, 2.75) is 19.3 Å². The van der Waals surface area contributed by atoms with Gasteiger partial charge in [-0.1, -0.05) is 166 Å². The summed E-state index contributed by atoms with van der Waals surface area (Å²) in [5, 5.41) is 9.69. The average molecular weight is 843 g/mol. The third kappa shape index (κ3) is 5.20. The lowest BCUT2D eigenvalue weighted by Gasteiger charge is -2.28. The second-order valence-electron chi connectivity index (χ2n) is 18.4. The molecule has 14 rings (SSSR count). The molecule has 0 bridgehead atoms. The molecule has 3 nitrogen and oxygen atoms in total. The third-order valence-electron chi connectivity index (χ3n) is 14.6. The first-order chi connectivity index (χ1) is 32.5. The van der Waals surface area contributed by atoms with Gasteiger partial charge in [-0.15, -0.1) is 0 Å². The topological polar surface area (TPSA) is 21.3 Å². The Hall–Kier alpha value is -8.40. The molecule has 310 valence electrons. The van der Waals surface area contributed by atoms with Crippen LogP contribution in [0.5, 0.6) is 0 Å². The lowest BCUT2D eigenvalue weighted by atomic mass is 9.82. The van der Waals surface area contributed by atoms with E-state index in [0.29, 0.717) is 0 Å². The molecule has 0 unspecified atom stereocenters. The molecule has 2 heterocycles. The Labute approximate surface area is 382 Å². The summed E-state index contributed by atoms with van der Waals surface area (Å²) in [6.45, 7) is 4.72.